The monoisotopic (exact) mass is 425 g/mol. The third-order valence-corrected chi connectivity index (χ3v) is 5.23. The van der Waals surface area contributed by atoms with E-state index in [2.05, 4.69) is 31.0 Å². The summed E-state index contributed by atoms with van der Waals surface area (Å²) in [6.07, 6.45) is 0. The van der Waals surface area contributed by atoms with Gasteiger partial charge in [0, 0.05) is 30.6 Å². The van der Waals surface area contributed by atoms with Crippen molar-refractivity contribution in [1.82, 2.24) is 30.2 Å². The van der Waals surface area contributed by atoms with Crippen molar-refractivity contribution in [3.63, 3.8) is 0 Å². The number of para-hydroxylation sites is 1. The molecule has 0 bridgehead atoms. The van der Waals surface area contributed by atoms with Crippen LogP contribution in [0.4, 0.5) is 10.3 Å². The Morgan fingerprint density at radius 3 is 2.80 bits per heavy atom. The molecule has 5 rings (SSSR count). The smallest absolute Gasteiger partial charge is 0.243 e. The fourth-order valence-corrected chi connectivity index (χ4v) is 3.64. The van der Waals surface area contributed by atoms with Crippen molar-refractivity contribution in [1.29, 1.82) is 0 Å². The van der Waals surface area contributed by atoms with Gasteiger partial charge in [0.2, 0.25) is 11.9 Å². The Morgan fingerprint density at radius 2 is 1.97 bits per heavy atom. The van der Waals surface area contributed by atoms with E-state index in [9.17, 15) is 9.18 Å². The van der Waals surface area contributed by atoms with Crippen LogP contribution in [0, 0.1) is 5.82 Å². The number of hydrogen-bond donors (Lipinski definition) is 3. The number of fused-ring (bicyclic) bond motifs is 3. The van der Waals surface area contributed by atoms with E-state index in [-0.39, 0.29) is 11.7 Å². The van der Waals surface area contributed by atoms with Gasteiger partial charge in [-0.05, 0) is 36.4 Å². The summed E-state index contributed by atoms with van der Waals surface area (Å²) >= 11 is 6.39. The predicted octanol–water partition coefficient (Wildman–Crippen LogP) is 2.24. The second kappa shape index (κ2) is 7.51. The zero-order chi connectivity index (χ0) is 20.7. The first-order chi connectivity index (χ1) is 14.6. The molecule has 1 aliphatic heterocycles. The van der Waals surface area contributed by atoms with Crippen LogP contribution in [0.1, 0.15) is 0 Å². The minimum absolute atomic E-state index is 0.131. The fraction of sp³-hybridized carbons (Fsp3) is 0.200. The van der Waals surface area contributed by atoms with Crippen LogP contribution in [0.25, 0.3) is 27.9 Å². The SMILES string of the molecule is O=C1NCCNC[C@@H]1Nc1nc2c(Cl)cccc2c2nc(-c3ccc(F)cc3)nn12. The van der Waals surface area contributed by atoms with Crippen molar-refractivity contribution in [2.75, 3.05) is 25.0 Å². The van der Waals surface area contributed by atoms with Gasteiger partial charge in [-0.25, -0.2) is 14.4 Å². The van der Waals surface area contributed by atoms with Crippen LogP contribution in [-0.4, -0.2) is 51.2 Å². The van der Waals surface area contributed by atoms with Gasteiger partial charge in [0.25, 0.3) is 0 Å². The summed E-state index contributed by atoms with van der Waals surface area (Å²) in [6, 6.07) is 10.8. The van der Waals surface area contributed by atoms with Crippen LogP contribution in [0.5, 0.6) is 0 Å². The molecule has 1 fully saturated rings. The number of nitrogens with zero attached hydrogens (tertiary/aromatic N) is 4. The van der Waals surface area contributed by atoms with Gasteiger partial charge in [-0.2, -0.15) is 4.52 Å². The Morgan fingerprint density at radius 1 is 1.13 bits per heavy atom. The molecule has 0 spiro atoms. The highest BCUT2D eigenvalue weighted by atomic mass is 35.5. The Bertz CT molecular complexity index is 1260. The van der Waals surface area contributed by atoms with Crippen LogP contribution in [0.3, 0.4) is 0 Å². The molecule has 2 aromatic carbocycles. The van der Waals surface area contributed by atoms with Crippen LogP contribution >= 0.6 is 11.6 Å². The fourth-order valence-electron chi connectivity index (χ4n) is 3.42. The molecule has 1 aliphatic rings. The van der Waals surface area contributed by atoms with Crippen LogP contribution in [-0.2, 0) is 4.79 Å². The molecule has 1 atom stereocenters. The van der Waals surface area contributed by atoms with Gasteiger partial charge in [-0.1, -0.05) is 17.7 Å². The van der Waals surface area contributed by atoms with Gasteiger partial charge in [0.05, 0.1) is 10.5 Å². The van der Waals surface area contributed by atoms with Crippen molar-refractivity contribution in [3.8, 4) is 11.4 Å². The number of nitrogens with one attached hydrogen (secondary N) is 3. The van der Waals surface area contributed by atoms with Gasteiger partial charge in [0.1, 0.15) is 11.9 Å². The normalized spacial score (nSPS) is 17.1. The maximum Gasteiger partial charge on any atom is 0.243 e. The van der Waals surface area contributed by atoms with Crippen molar-refractivity contribution in [2.45, 2.75) is 6.04 Å². The molecule has 2 aromatic heterocycles. The summed E-state index contributed by atoms with van der Waals surface area (Å²) in [4.78, 5) is 21.7. The lowest BCUT2D eigenvalue weighted by Crippen LogP contribution is -2.42. The maximum atomic E-state index is 13.3. The molecule has 1 amide bonds. The Hall–Kier alpha value is -3.30. The highest BCUT2D eigenvalue weighted by Crippen LogP contribution is 2.28. The molecule has 3 N–H and O–H groups in total. The number of halogens is 2. The molecule has 0 saturated carbocycles. The van der Waals surface area contributed by atoms with E-state index in [1.165, 1.54) is 12.1 Å². The topological polar surface area (TPSA) is 96.2 Å². The first-order valence-corrected chi connectivity index (χ1v) is 9.84. The first-order valence-electron chi connectivity index (χ1n) is 9.46. The molecule has 8 nitrogen and oxygen atoms in total. The molecular formula is C20H17ClFN7O. The number of amides is 1. The molecule has 4 aromatic rings. The van der Waals surface area contributed by atoms with E-state index in [0.717, 1.165) is 5.39 Å². The molecule has 1 saturated heterocycles. The van der Waals surface area contributed by atoms with Crippen molar-refractivity contribution >= 4 is 40.0 Å². The highest BCUT2D eigenvalue weighted by molar-refractivity contribution is 6.35. The second-order valence-corrected chi connectivity index (χ2v) is 7.35. The highest BCUT2D eigenvalue weighted by Gasteiger charge is 2.23. The van der Waals surface area contributed by atoms with Crippen LogP contribution in [0.2, 0.25) is 5.02 Å². The van der Waals surface area contributed by atoms with Crippen LogP contribution < -0.4 is 16.0 Å². The van der Waals surface area contributed by atoms with E-state index in [1.807, 2.05) is 12.1 Å². The molecule has 0 aliphatic carbocycles. The summed E-state index contributed by atoms with van der Waals surface area (Å²) in [6.45, 7) is 1.69. The quantitative estimate of drug-likeness (QED) is 0.466. The Labute approximate surface area is 175 Å². The number of anilines is 1. The standard InChI is InChI=1S/C20H17ClFN7O/c21-14-3-1-2-13-16(14)26-20(25-15-10-23-8-9-24-19(15)30)29-18(13)27-17(28-29)11-4-6-12(22)7-5-11/h1-7,15,23H,8-10H2,(H,24,30)(H,25,26)/t15-/m0/s1. The minimum Gasteiger partial charge on any atom is -0.353 e. The molecule has 30 heavy (non-hydrogen) atoms. The van der Waals surface area contributed by atoms with Gasteiger partial charge >= 0.3 is 0 Å². The van der Waals surface area contributed by atoms with Crippen molar-refractivity contribution in [3.05, 3.63) is 53.3 Å². The largest absolute Gasteiger partial charge is 0.353 e. The molecule has 0 radical (unpaired) electrons. The molecule has 0 unspecified atom stereocenters. The van der Waals surface area contributed by atoms with E-state index in [1.54, 1.807) is 22.7 Å². The van der Waals surface area contributed by atoms with Gasteiger partial charge in [-0.15, -0.1) is 5.10 Å². The van der Waals surface area contributed by atoms with Crippen molar-refractivity contribution in [2.24, 2.45) is 0 Å². The summed E-state index contributed by atoms with van der Waals surface area (Å²) in [7, 11) is 0. The molecule has 10 heteroatoms. The summed E-state index contributed by atoms with van der Waals surface area (Å²) in [5, 5.41) is 15.0. The summed E-state index contributed by atoms with van der Waals surface area (Å²) in [5.41, 5.74) is 1.75. The minimum atomic E-state index is -0.540. The number of carbonyl (C=O) groups excluding carboxylic acids is 1. The number of rotatable bonds is 3. The van der Waals surface area contributed by atoms with Crippen molar-refractivity contribution < 1.29 is 9.18 Å². The maximum absolute atomic E-state index is 13.3. The number of benzene rings is 2. The average molecular weight is 426 g/mol. The molecule has 152 valence electrons. The average Bonchev–Trinajstić information content (AvgIpc) is 3.10. The number of hydrogen-bond acceptors (Lipinski definition) is 6. The van der Waals surface area contributed by atoms with E-state index in [4.69, 9.17) is 11.6 Å². The zero-order valence-corrected chi connectivity index (χ0v) is 16.4. The number of aromatic nitrogens is 4. The van der Waals surface area contributed by atoms with E-state index >= 15 is 0 Å². The van der Waals surface area contributed by atoms with Crippen LogP contribution in [0.15, 0.2) is 42.5 Å². The summed E-state index contributed by atoms with van der Waals surface area (Å²) < 4.78 is 14.9. The number of carbonyl (C=O) groups is 1. The van der Waals surface area contributed by atoms with Gasteiger partial charge < -0.3 is 16.0 Å². The molecule has 3 heterocycles. The summed E-state index contributed by atoms with van der Waals surface area (Å²) in [5.74, 6) is 0.287. The lowest BCUT2D eigenvalue weighted by molar-refractivity contribution is -0.121. The van der Waals surface area contributed by atoms with Gasteiger partial charge in [-0.3, -0.25) is 4.79 Å². The zero-order valence-electron chi connectivity index (χ0n) is 15.7. The van der Waals surface area contributed by atoms with E-state index < -0.39 is 6.04 Å². The lowest BCUT2D eigenvalue weighted by Gasteiger charge is -2.16. The second-order valence-electron chi connectivity index (χ2n) is 6.94. The van der Waals surface area contributed by atoms with Gasteiger partial charge in [0.15, 0.2) is 11.5 Å². The molecular weight excluding hydrogens is 409 g/mol. The van der Waals surface area contributed by atoms with E-state index in [0.29, 0.717) is 53.2 Å². The third-order valence-electron chi connectivity index (χ3n) is 4.92. The lowest BCUT2D eigenvalue weighted by atomic mass is 10.2. The third kappa shape index (κ3) is 3.31. The Kier molecular flexibility index (Phi) is 4.68. The Balaban J connectivity index is 1.68. The first kappa shape index (κ1) is 18.7. The predicted molar refractivity (Wildman–Crippen MR) is 112 cm³/mol.